The van der Waals surface area contributed by atoms with Gasteiger partial charge in [-0.3, -0.25) is 9.59 Å². The van der Waals surface area contributed by atoms with Crippen molar-refractivity contribution in [3.63, 3.8) is 0 Å². The van der Waals surface area contributed by atoms with Crippen molar-refractivity contribution in [3.05, 3.63) is 47.3 Å². The molecule has 1 aliphatic rings. The van der Waals surface area contributed by atoms with E-state index in [-0.39, 0.29) is 6.04 Å². The largest absolute Gasteiger partial charge is 0.346 e. The number of nitrogens with one attached hydrogen (secondary N) is 1. The van der Waals surface area contributed by atoms with E-state index in [1.54, 1.807) is 11.6 Å². The molecule has 0 spiro atoms. The second-order valence-corrected chi connectivity index (χ2v) is 7.06. The summed E-state index contributed by atoms with van der Waals surface area (Å²) >= 11 is 0. The Hall–Kier alpha value is -2.43. The molecule has 1 heterocycles. The van der Waals surface area contributed by atoms with Crippen LogP contribution in [0.4, 0.5) is 0 Å². The van der Waals surface area contributed by atoms with Gasteiger partial charge in [-0.15, -0.1) is 0 Å². The zero-order valence-corrected chi connectivity index (χ0v) is 15.1. The number of carbonyl (C=O) groups excluding carboxylic acids is 2. The Kier molecular flexibility index (Phi) is 5.02. The van der Waals surface area contributed by atoms with Crippen LogP contribution in [0.2, 0.25) is 0 Å². The first-order valence-corrected chi connectivity index (χ1v) is 8.94. The summed E-state index contributed by atoms with van der Waals surface area (Å²) in [5, 5.41) is 7.38. The molecule has 0 aliphatic heterocycles. The molecular formula is C20H25N3O2. The van der Waals surface area contributed by atoms with Crippen molar-refractivity contribution in [3.8, 4) is 5.69 Å². The highest BCUT2D eigenvalue weighted by molar-refractivity contribution is 6.43. The summed E-state index contributed by atoms with van der Waals surface area (Å²) in [6, 6.07) is 9.73. The van der Waals surface area contributed by atoms with Gasteiger partial charge in [0, 0.05) is 6.04 Å². The van der Waals surface area contributed by atoms with Gasteiger partial charge in [0.05, 0.1) is 22.6 Å². The minimum atomic E-state index is -0.516. The molecule has 132 valence electrons. The smallest absolute Gasteiger partial charge is 0.292 e. The Morgan fingerprint density at radius 1 is 1.16 bits per heavy atom. The third-order valence-corrected chi connectivity index (χ3v) is 5.00. The number of ketones is 1. The maximum Gasteiger partial charge on any atom is 0.292 e. The number of nitrogens with zero attached hydrogens (tertiary/aromatic N) is 2. The Bertz CT molecular complexity index is 780. The van der Waals surface area contributed by atoms with Crippen LogP contribution in [0.1, 0.15) is 54.4 Å². The lowest BCUT2D eigenvalue weighted by atomic mass is 9.87. The van der Waals surface area contributed by atoms with Gasteiger partial charge in [-0.05, 0) is 44.7 Å². The van der Waals surface area contributed by atoms with E-state index in [2.05, 4.69) is 17.3 Å². The quantitative estimate of drug-likeness (QED) is 0.686. The predicted octanol–water partition coefficient (Wildman–Crippen LogP) is 3.37. The average Bonchev–Trinajstić information content (AvgIpc) is 2.89. The van der Waals surface area contributed by atoms with Crippen LogP contribution in [0.3, 0.4) is 0 Å². The summed E-state index contributed by atoms with van der Waals surface area (Å²) in [5.41, 5.74) is 2.56. The van der Waals surface area contributed by atoms with E-state index >= 15 is 0 Å². The minimum absolute atomic E-state index is 0.102. The van der Waals surface area contributed by atoms with E-state index in [0.29, 0.717) is 22.9 Å². The number of benzene rings is 1. The van der Waals surface area contributed by atoms with E-state index in [9.17, 15) is 9.59 Å². The lowest BCUT2D eigenvalue weighted by Crippen LogP contribution is -2.41. The molecule has 5 nitrogen and oxygen atoms in total. The zero-order chi connectivity index (χ0) is 18.0. The van der Waals surface area contributed by atoms with Crippen LogP contribution in [-0.2, 0) is 4.79 Å². The summed E-state index contributed by atoms with van der Waals surface area (Å²) in [6.45, 7) is 5.80. The van der Waals surface area contributed by atoms with Crippen LogP contribution in [0, 0.1) is 19.8 Å². The van der Waals surface area contributed by atoms with Crippen molar-refractivity contribution in [1.82, 2.24) is 15.1 Å². The molecule has 2 aromatic rings. The number of carbonyl (C=O) groups is 2. The number of amides is 1. The molecule has 1 saturated carbocycles. The lowest BCUT2D eigenvalue weighted by molar-refractivity contribution is -0.117. The van der Waals surface area contributed by atoms with Crippen LogP contribution in [0.25, 0.3) is 5.69 Å². The number of aryl methyl sites for hydroxylation is 1. The van der Waals surface area contributed by atoms with Crippen molar-refractivity contribution in [2.75, 3.05) is 0 Å². The normalized spacial score (nSPS) is 20.3. The van der Waals surface area contributed by atoms with Crippen LogP contribution < -0.4 is 5.32 Å². The Labute approximate surface area is 148 Å². The average molecular weight is 339 g/mol. The fourth-order valence-corrected chi connectivity index (χ4v) is 3.72. The molecule has 5 heteroatoms. The van der Waals surface area contributed by atoms with Crippen molar-refractivity contribution in [1.29, 1.82) is 0 Å². The molecule has 1 amide bonds. The Balaban J connectivity index is 1.80. The van der Waals surface area contributed by atoms with Gasteiger partial charge >= 0.3 is 0 Å². The van der Waals surface area contributed by atoms with Gasteiger partial charge in [0.2, 0.25) is 0 Å². The number of rotatable bonds is 4. The fourth-order valence-electron chi connectivity index (χ4n) is 3.72. The number of aromatic nitrogens is 2. The van der Waals surface area contributed by atoms with Gasteiger partial charge in [-0.25, -0.2) is 4.68 Å². The summed E-state index contributed by atoms with van der Waals surface area (Å²) in [7, 11) is 0. The fraction of sp³-hybridized carbons (Fsp3) is 0.450. The second kappa shape index (κ2) is 7.21. The van der Waals surface area contributed by atoms with Gasteiger partial charge < -0.3 is 5.32 Å². The standard InChI is InChI=1S/C20H25N3O2/c1-13-8-7-9-16(12-13)21-20(25)19(24)18-14(2)22-23(15(18)3)17-10-5-4-6-11-17/h4-6,10-11,13,16H,7-9,12H2,1-3H3,(H,21,25)/t13-,16+/m1/s1. The Morgan fingerprint density at radius 2 is 1.88 bits per heavy atom. The molecule has 25 heavy (non-hydrogen) atoms. The first kappa shape index (κ1) is 17.4. The van der Waals surface area contributed by atoms with E-state index in [1.165, 1.54) is 6.42 Å². The van der Waals surface area contributed by atoms with E-state index in [0.717, 1.165) is 24.9 Å². The maximum atomic E-state index is 12.7. The SMILES string of the molecule is Cc1nn(-c2ccccc2)c(C)c1C(=O)C(=O)N[C@H]1CCC[C@@H](C)C1. The highest BCUT2D eigenvalue weighted by Crippen LogP contribution is 2.24. The van der Waals surface area contributed by atoms with Gasteiger partial charge in [0.1, 0.15) is 0 Å². The topological polar surface area (TPSA) is 64.0 Å². The monoisotopic (exact) mass is 339 g/mol. The van der Waals surface area contributed by atoms with Gasteiger partial charge in [-0.1, -0.05) is 38.0 Å². The van der Waals surface area contributed by atoms with Crippen LogP contribution >= 0.6 is 0 Å². The van der Waals surface area contributed by atoms with E-state index in [1.807, 2.05) is 37.3 Å². The van der Waals surface area contributed by atoms with Gasteiger partial charge in [-0.2, -0.15) is 5.10 Å². The molecule has 0 unspecified atom stereocenters. The van der Waals surface area contributed by atoms with Crippen molar-refractivity contribution < 1.29 is 9.59 Å². The Morgan fingerprint density at radius 3 is 2.56 bits per heavy atom. The molecule has 1 fully saturated rings. The second-order valence-electron chi connectivity index (χ2n) is 7.06. The summed E-state index contributed by atoms with van der Waals surface area (Å²) in [6.07, 6.45) is 4.19. The third kappa shape index (κ3) is 3.65. The molecule has 1 aromatic carbocycles. The van der Waals surface area contributed by atoms with Crippen LogP contribution in [-0.4, -0.2) is 27.5 Å². The molecular weight excluding hydrogens is 314 g/mol. The zero-order valence-electron chi connectivity index (χ0n) is 15.1. The highest BCUT2D eigenvalue weighted by atomic mass is 16.2. The number of Topliss-reactive ketones (excluding diaryl/α,β-unsaturated/α-hetero) is 1. The molecule has 0 bridgehead atoms. The van der Waals surface area contributed by atoms with Crippen molar-refractivity contribution >= 4 is 11.7 Å². The van der Waals surface area contributed by atoms with E-state index in [4.69, 9.17) is 0 Å². The third-order valence-electron chi connectivity index (χ3n) is 5.00. The van der Waals surface area contributed by atoms with Crippen molar-refractivity contribution in [2.24, 2.45) is 5.92 Å². The first-order chi connectivity index (χ1) is 12.0. The van der Waals surface area contributed by atoms with E-state index < -0.39 is 11.7 Å². The highest BCUT2D eigenvalue weighted by Gasteiger charge is 2.28. The number of hydrogen-bond acceptors (Lipinski definition) is 3. The number of hydrogen-bond donors (Lipinski definition) is 1. The molecule has 1 N–H and O–H groups in total. The van der Waals surface area contributed by atoms with Gasteiger partial charge in [0.25, 0.3) is 11.7 Å². The lowest BCUT2D eigenvalue weighted by Gasteiger charge is -2.27. The summed E-state index contributed by atoms with van der Waals surface area (Å²) < 4.78 is 1.72. The van der Waals surface area contributed by atoms with Crippen LogP contribution in [0.15, 0.2) is 30.3 Å². The summed E-state index contributed by atoms with van der Waals surface area (Å²) in [4.78, 5) is 25.2. The van der Waals surface area contributed by atoms with Crippen LogP contribution in [0.5, 0.6) is 0 Å². The summed E-state index contributed by atoms with van der Waals surface area (Å²) in [5.74, 6) is -0.410. The molecule has 0 radical (unpaired) electrons. The molecule has 1 aromatic heterocycles. The molecule has 3 rings (SSSR count). The maximum absolute atomic E-state index is 12.7. The van der Waals surface area contributed by atoms with Gasteiger partial charge in [0.15, 0.2) is 0 Å². The first-order valence-electron chi connectivity index (χ1n) is 8.94. The number of para-hydroxylation sites is 1. The molecule has 2 atom stereocenters. The predicted molar refractivity (Wildman–Crippen MR) is 96.9 cm³/mol. The molecule has 0 saturated heterocycles. The minimum Gasteiger partial charge on any atom is -0.346 e. The molecule has 1 aliphatic carbocycles. The van der Waals surface area contributed by atoms with Crippen molar-refractivity contribution in [2.45, 2.75) is 52.5 Å².